The van der Waals surface area contributed by atoms with E-state index in [-0.39, 0.29) is 11.1 Å². The number of hydrogen-bond acceptors (Lipinski definition) is 5. The van der Waals surface area contributed by atoms with E-state index < -0.39 is 11.9 Å². The molecule has 1 atom stereocenters. The molecule has 0 saturated carbocycles. The van der Waals surface area contributed by atoms with Crippen LogP contribution in [0.3, 0.4) is 0 Å². The number of carbonyl (C=O) groups is 1. The van der Waals surface area contributed by atoms with Gasteiger partial charge in [0.25, 0.3) is 5.91 Å². The summed E-state index contributed by atoms with van der Waals surface area (Å²) >= 11 is 0. The average Bonchev–Trinajstić information content (AvgIpc) is 3.24. The second kappa shape index (κ2) is 7.12. The van der Waals surface area contributed by atoms with E-state index in [0.717, 1.165) is 5.39 Å². The van der Waals surface area contributed by atoms with Crippen LogP contribution in [-0.2, 0) is 7.05 Å². The van der Waals surface area contributed by atoms with E-state index in [1.807, 2.05) is 38.1 Å². The Balaban J connectivity index is 1.62. The number of amides is 1. The van der Waals surface area contributed by atoms with Gasteiger partial charge in [0, 0.05) is 18.5 Å². The average molecular weight is 394 g/mol. The van der Waals surface area contributed by atoms with Gasteiger partial charge < -0.3 is 19.5 Å². The Hall–Kier alpha value is -3.55. The van der Waals surface area contributed by atoms with Crippen molar-refractivity contribution in [1.82, 2.24) is 20.1 Å². The number of benzene rings is 1. The molecule has 0 aliphatic rings. The Morgan fingerprint density at radius 1 is 1.38 bits per heavy atom. The predicted octanol–water partition coefficient (Wildman–Crippen LogP) is 3.21. The maximum atomic E-state index is 12.7. The quantitative estimate of drug-likeness (QED) is 0.541. The minimum absolute atomic E-state index is 0.170. The van der Waals surface area contributed by atoms with Gasteiger partial charge in [0.2, 0.25) is 0 Å². The fraction of sp³-hybridized carbons (Fsp3) is 0.286. The zero-order valence-corrected chi connectivity index (χ0v) is 16.7. The number of carbonyl (C=O) groups excluding carboxylic acids is 1. The summed E-state index contributed by atoms with van der Waals surface area (Å²) in [5, 5.41) is 8.48. The fourth-order valence-electron chi connectivity index (χ4n) is 3.47. The molecule has 3 aromatic heterocycles. The number of pyridine rings is 1. The SMILES string of the molecule is CCOc1cccc2cc(C(C)NC(=O)c3cc(=O)c4c(C)nn(C)c4[nH]3)oc12. The number of aromatic amines is 1. The second-order valence-corrected chi connectivity index (χ2v) is 6.93. The van der Waals surface area contributed by atoms with E-state index in [0.29, 0.717) is 40.4 Å². The van der Waals surface area contributed by atoms with E-state index in [1.165, 1.54) is 6.07 Å². The molecule has 4 aromatic rings. The van der Waals surface area contributed by atoms with Gasteiger partial charge in [-0.3, -0.25) is 14.3 Å². The van der Waals surface area contributed by atoms with Crippen molar-refractivity contribution in [2.75, 3.05) is 6.61 Å². The van der Waals surface area contributed by atoms with E-state index in [4.69, 9.17) is 9.15 Å². The van der Waals surface area contributed by atoms with Gasteiger partial charge in [0.1, 0.15) is 17.1 Å². The Labute approximate surface area is 166 Å². The monoisotopic (exact) mass is 394 g/mol. The minimum atomic E-state index is -0.406. The number of nitrogens with zero attached hydrogens (tertiary/aromatic N) is 2. The minimum Gasteiger partial charge on any atom is -0.490 e. The maximum Gasteiger partial charge on any atom is 0.268 e. The van der Waals surface area contributed by atoms with E-state index in [9.17, 15) is 9.59 Å². The van der Waals surface area contributed by atoms with Crippen molar-refractivity contribution in [3.05, 3.63) is 57.7 Å². The number of nitrogens with one attached hydrogen (secondary N) is 2. The molecule has 3 heterocycles. The molecule has 0 aliphatic heterocycles. The molecular formula is C21H22N4O4. The zero-order valence-electron chi connectivity index (χ0n) is 16.7. The highest BCUT2D eigenvalue weighted by molar-refractivity contribution is 5.95. The molecule has 0 radical (unpaired) electrons. The first-order chi connectivity index (χ1) is 13.9. The largest absolute Gasteiger partial charge is 0.490 e. The van der Waals surface area contributed by atoms with Gasteiger partial charge in [-0.2, -0.15) is 5.10 Å². The Kier molecular flexibility index (Phi) is 4.62. The number of aryl methyl sites for hydroxylation is 2. The molecule has 2 N–H and O–H groups in total. The number of aromatic nitrogens is 3. The molecule has 150 valence electrons. The highest BCUT2D eigenvalue weighted by Crippen LogP contribution is 2.31. The molecule has 0 saturated heterocycles. The lowest BCUT2D eigenvalue weighted by Crippen LogP contribution is -2.28. The van der Waals surface area contributed by atoms with Crippen molar-refractivity contribution in [2.24, 2.45) is 7.05 Å². The van der Waals surface area contributed by atoms with Crippen LogP contribution >= 0.6 is 0 Å². The number of ether oxygens (including phenoxy) is 1. The summed E-state index contributed by atoms with van der Waals surface area (Å²) in [4.78, 5) is 28.2. The summed E-state index contributed by atoms with van der Waals surface area (Å²) in [6, 6.07) is 8.43. The van der Waals surface area contributed by atoms with Crippen LogP contribution in [0, 0.1) is 6.92 Å². The van der Waals surface area contributed by atoms with Crippen molar-refractivity contribution < 1.29 is 13.9 Å². The molecular weight excluding hydrogens is 372 g/mol. The second-order valence-electron chi connectivity index (χ2n) is 6.93. The first kappa shape index (κ1) is 18.8. The number of furan rings is 1. The van der Waals surface area contributed by atoms with Crippen LogP contribution in [-0.4, -0.2) is 27.3 Å². The first-order valence-electron chi connectivity index (χ1n) is 9.41. The van der Waals surface area contributed by atoms with Crippen molar-refractivity contribution in [3.63, 3.8) is 0 Å². The number of fused-ring (bicyclic) bond motifs is 2. The smallest absolute Gasteiger partial charge is 0.268 e. The van der Waals surface area contributed by atoms with Crippen LogP contribution in [0.2, 0.25) is 0 Å². The standard InChI is InChI=1S/C21H22N4O4/c1-5-28-16-8-6-7-13-9-17(29-19(13)16)11(2)22-21(27)14-10-15(26)18-12(3)24-25(4)20(18)23-14/h6-11H,5H2,1-4H3,(H,22,27)(H,23,26). The molecule has 0 fully saturated rings. The highest BCUT2D eigenvalue weighted by Gasteiger charge is 2.19. The van der Waals surface area contributed by atoms with Gasteiger partial charge in [-0.25, -0.2) is 0 Å². The Morgan fingerprint density at radius 3 is 2.93 bits per heavy atom. The summed E-state index contributed by atoms with van der Waals surface area (Å²) in [6.45, 7) is 6.02. The molecule has 0 spiro atoms. The fourth-order valence-corrected chi connectivity index (χ4v) is 3.47. The number of para-hydroxylation sites is 1. The van der Waals surface area contributed by atoms with Crippen LogP contribution in [0.25, 0.3) is 22.0 Å². The molecule has 0 bridgehead atoms. The number of H-pyrrole nitrogens is 1. The molecule has 1 aromatic carbocycles. The Bertz CT molecular complexity index is 1280. The summed E-state index contributed by atoms with van der Waals surface area (Å²) in [5.74, 6) is 0.859. The van der Waals surface area contributed by atoms with Crippen LogP contribution in [0.4, 0.5) is 0 Å². The third kappa shape index (κ3) is 3.26. The van der Waals surface area contributed by atoms with Crippen LogP contribution < -0.4 is 15.5 Å². The number of rotatable bonds is 5. The van der Waals surface area contributed by atoms with Crippen LogP contribution in [0.15, 0.2) is 39.5 Å². The lowest BCUT2D eigenvalue weighted by Gasteiger charge is -2.11. The zero-order chi connectivity index (χ0) is 20.7. The predicted molar refractivity (Wildman–Crippen MR) is 109 cm³/mol. The lowest BCUT2D eigenvalue weighted by atomic mass is 10.2. The number of hydrogen-bond donors (Lipinski definition) is 2. The highest BCUT2D eigenvalue weighted by atomic mass is 16.5. The van der Waals surface area contributed by atoms with Gasteiger partial charge in [-0.1, -0.05) is 12.1 Å². The normalized spacial score (nSPS) is 12.4. The van der Waals surface area contributed by atoms with Crippen molar-refractivity contribution in [1.29, 1.82) is 0 Å². The van der Waals surface area contributed by atoms with Gasteiger partial charge in [-0.15, -0.1) is 0 Å². The summed E-state index contributed by atoms with van der Waals surface area (Å²) in [7, 11) is 1.72. The lowest BCUT2D eigenvalue weighted by molar-refractivity contribution is 0.0931. The third-order valence-corrected chi connectivity index (χ3v) is 4.84. The molecule has 1 unspecified atom stereocenters. The topological polar surface area (TPSA) is 102 Å². The molecule has 4 rings (SSSR count). The summed E-state index contributed by atoms with van der Waals surface area (Å²) in [5.41, 5.74) is 1.70. The van der Waals surface area contributed by atoms with Crippen LogP contribution in [0.5, 0.6) is 5.75 Å². The van der Waals surface area contributed by atoms with Gasteiger partial charge in [0.15, 0.2) is 16.8 Å². The summed E-state index contributed by atoms with van der Waals surface area (Å²) < 4.78 is 13.1. The maximum absolute atomic E-state index is 12.7. The van der Waals surface area contributed by atoms with Gasteiger partial charge in [-0.05, 0) is 32.9 Å². The molecule has 8 heteroatoms. The third-order valence-electron chi connectivity index (χ3n) is 4.84. The van der Waals surface area contributed by atoms with Crippen molar-refractivity contribution in [2.45, 2.75) is 26.8 Å². The Morgan fingerprint density at radius 2 is 2.17 bits per heavy atom. The first-order valence-corrected chi connectivity index (χ1v) is 9.41. The van der Waals surface area contributed by atoms with Crippen LogP contribution in [0.1, 0.15) is 41.8 Å². The van der Waals surface area contributed by atoms with Crippen molar-refractivity contribution >= 4 is 27.9 Å². The van der Waals surface area contributed by atoms with E-state index >= 15 is 0 Å². The van der Waals surface area contributed by atoms with E-state index in [2.05, 4.69) is 15.4 Å². The van der Waals surface area contributed by atoms with Crippen molar-refractivity contribution in [3.8, 4) is 5.75 Å². The van der Waals surface area contributed by atoms with Gasteiger partial charge >= 0.3 is 0 Å². The van der Waals surface area contributed by atoms with E-state index in [1.54, 1.807) is 18.7 Å². The molecule has 8 nitrogen and oxygen atoms in total. The molecule has 29 heavy (non-hydrogen) atoms. The molecule has 1 amide bonds. The molecule has 0 aliphatic carbocycles. The van der Waals surface area contributed by atoms with Gasteiger partial charge in [0.05, 0.1) is 23.7 Å². The summed E-state index contributed by atoms with van der Waals surface area (Å²) in [6.07, 6.45) is 0.